The summed E-state index contributed by atoms with van der Waals surface area (Å²) in [5, 5.41) is 0. The largest absolute Gasteiger partial charge is 0.180 e. The first-order chi connectivity index (χ1) is 5.66. The van der Waals surface area contributed by atoms with Gasteiger partial charge in [0, 0.05) is 0 Å². The average Bonchev–Trinajstić information content (AvgIpc) is 2.05. The van der Waals surface area contributed by atoms with E-state index in [0.29, 0.717) is 0 Å². The second kappa shape index (κ2) is 7.72. The van der Waals surface area contributed by atoms with Crippen LogP contribution in [0.15, 0.2) is 30.3 Å². The van der Waals surface area contributed by atoms with Crippen molar-refractivity contribution in [1.82, 2.24) is 0 Å². The highest BCUT2D eigenvalue weighted by atomic mass is 35.6. The summed E-state index contributed by atoms with van der Waals surface area (Å²) in [5.74, 6) is 0. The van der Waals surface area contributed by atoms with E-state index in [-0.39, 0.29) is 0 Å². The molecule has 3 heteroatoms. The van der Waals surface area contributed by atoms with Crippen molar-refractivity contribution in [3.05, 3.63) is 35.9 Å². The summed E-state index contributed by atoms with van der Waals surface area (Å²) >= 11 is 14.4. The molecule has 0 atom stereocenters. The van der Waals surface area contributed by atoms with Gasteiger partial charge >= 0.3 is 0 Å². The van der Waals surface area contributed by atoms with Crippen molar-refractivity contribution in [1.29, 1.82) is 0 Å². The van der Waals surface area contributed by atoms with Crippen LogP contribution < -0.4 is 0 Å². The Labute approximate surface area is 88.4 Å². The topological polar surface area (TPSA) is 0 Å². The molecule has 68 valence electrons. The maximum atomic E-state index is 4.81. The van der Waals surface area contributed by atoms with Gasteiger partial charge in [-0.2, -0.15) is 0 Å². The zero-order valence-corrected chi connectivity index (χ0v) is 9.07. The Bertz CT molecular complexity index is 181. The van der Waals surface area contributed by atoms with E-state index in [2.05, 4.69) is 31.2 Å². The summed E-state index contributed by atoms with van der Waals surface area (Å²) in [4.78, 5) is 0. The molecule has 0 nitrogen and oxygen atoms in total. The molecule has 0 aliphatic heterocycles. The quantitative estimate of drug-likeness (QED) is 0.627. The van der Waals surface area contributed by atoms with Gasteiger partial charge in [-0.15, -0.1) is 0 Å². The third-order valence-electron chi connectivity index (χ3n) is 1.25. The Morgan fingerprint density at radius 3 is 1.75 bits per heavy atom. The van der Waals surface area contributed by atoms with Crippen LogP contribution in [-0.4, -0.2) is 4.30 Å². The molecule has 1 aromatic rings. The Hall–Kier alpha value is 0.0900. The molecule has 0 bridgehead atoms. The molecule has 0 radical (unpaired) electrons. The van der Waals surface area contributed by atoms with E-state index in [4.69, 9.17) is 34.8 Å². The van der Waals surface area contributed by atoms with Gasteiger partial charge in [-0.25, -0.2) is 0 Å². The van der Waals surface area contributed by atoms with Crippen LogP contribution in [0.2, 0.25) is 0 Å². The highest BCUT2D eigenvalue weighted by Gasteiger charge is 1.80. The summed E-state index contributed by atoms with van der Waals surface area (Å²) in [6, 6.07) is 10.5. The molecule has 0 aliphatic carbocycles. The maximum Gasteiger partial charge on any atom is 0.180 e. The SMILES string of the molecule is CCc1ccccc1.ClC(Cl)Cl. The van der Waals surface area contributed by atoms with E-state index >= 15 is 0 Å². The van der Waals surface area contributed by atoms with Crippen molar-refractivity contribution in [3.8, 4) is 0 Å². The molecule has 0 saturated carbocycles. The average molecular weight is 226 g/mol. The lowest BCUT2D eigenvalue weighted by atomic mass is 10.2. The molecule has 0 aliphatic rings. The molecule has 0 N–H and O–H groups in total. The maximum absolute atomic E-state index is 4.81. The Morgan fingerprint density at radius 1 is 1.08 bits per heavy atom. The van der Waals surface area contributed by atoms with Gasteiger partial charge < -0.3 is 0 Å². The standard InChI is InChI=1S/C8H10.CHCl3/c1-2-8-6-4-3-5-7-8;2-1(3)4/h3-7H,2H2,1H3;1H. The lowest BCUT2D eigenvalue weighted by Gasteiger charge is -1.89. The van der Waals surface area contributed by atoms with E-state index in [1.165, 1.54) is 5.56 Å². The first kappa shape index (κ1) is 12.1. The molecular formula is C9H11Cl3. The molecule has 1 rings (SSSR count). The fourth-order valence-corrected chi connectivity index (χ4v) is 0.714. The summed E-state index contributed by atoms with van der Waals surface area (Å²) < 4.78 is -0.750. The van der Waals surface area contributed by atoms with Gasteiger partial charge in [0.25, 0.3) is 0 Å². The van der Waals surface area contributed by atoms with Gasteiger partial charge in [0.1, 0.15) is 0 Å². The zero-order valence-electron chi connectivity index (χ0n) is 6.81. The molecule has 0 saturated heterocycles. The minimum atomic E-state index is -0.750. The van der Waals surface area contributed by atoms with E-state index in [0.717, 1.165) is 6.42 Å². The van der Waals surface area contributed by atoms with Crippen LogP contribution in [0.5, 0.6) is 0 Å². The first-order valence-electron chi connectivity index (χ1n) is 3.63. The highest BCUT2D eigenvalue weighted by Crippen LogP contribution is 2.03. The summed E-state index contributed by atoms with van der Waals surface area (Å²) in [7, 11) is 0. The number of benzene rings is 1. The van der Waals surface area contributed by atoms with Crippen LogP contribution in [0.25, 0.3) is 0 Å². The van der Waals surface area contributed by atoms with Crippen molar-refractivity contribution in [2.45, 2.75) is 17.6 Å². The number of hydrogen-bond donors (Lipinski definition) is 0. The van der Waals surface area contributed by atoms with Gasteiger partial charge in [0.2, 0.25) is 0 Å². The predicted molar refractivity (Wildman–Crippen MR) is 57.2 cm³/mol. The second-order valence-electron chi connectivity index (χ2n) is 2.09. The van der Waals surface area contributed by atoms with Crippen molar-refractivity contribution < 1.29 is 0 Å². The molecule has 0 aromatic heterocycles. The number of hydrogen-bond acceptors (Lipinski definition) is 0. The smallest absolute Gasteiger partial charge is 0.0874 e. The highest BCUT2D eigenvalue weighted by molar-refractivity contribution is 6.63. The Balaban J connectivity index is 0.000000261. The minimum absolute atomic E-state index is 0.750. The molecule has 0 heterocycles. The lowest BCUT2D eigenvalue weighted by molar-refractivity contribution is 1.14. The number of alkyl halides is 3. The van der Waals surface area contributed by atoms with Crippen LogP contribution in [-0.2, 0) is 6.42 Å². The monoisotopic (exact) mass is 224 g/mol. The third-order valence-corrected chi connectivity index (χ3v) is 1.25. The van der Waals surface area contributed by atoms with Crippen LogP contribution in [0.1, 0.15) is 12.5 Å². The fourth-order valence-electron chi connectivity index (χ4n) is 0.714. The summed E-state index contributed by atoms with van der Waals surface area (Å²) in [6.45, 7) is 2.16. The molecule has 12 heavy (non-hydrogen) atoms. The summed E-state index contributed by atoms with van der Waals surface area (Å²) in [6.07, 6.45) is 1.14. The van der Waals surface area contributed by atoms with Gasteiger partial charge in [-0.05, 0) is 12.0 Å². The fraction of sp³-hybridized carbons (Fsp3) is 0.333. The number of aryl methyl sites for hydroxylation is 1. The molecular weight excluding hydrogens is 214 g/mol. The lowest BCUT2D eigenvalue weighted by Crippen LogP contribution is -1.73. The van der Waals surface area contributed by atoms with Gasteiger partial charge in [0.15, 0.2) is 4.30 Å². The van der Waals surface area contributed by atoms with Gasteiger partial charge in [0.05, 0.1) is 0 Å². The minimum Gasteiger partial charge on any atom is -0.0874 e. The van der Waals surface area contributed by atoms with Crippen molar-refractivity contribution in [2.75, 3.05) is 0 Å². The van der Waals surface area contributed by atoms with Crippen molar-refractivity contribution in [2.24, 2.45) is 0 Å². The number of rotatable bonds is 1. The zero-order chi connectivity index (χ0) is 9.40. The van der Waals surface area contributed by atoms with Crippen molar-refractivity contribution in [3.63, 3.8) is 0 Å². The number of halogens is 3. The van der Waals surface area contributed by atoms with Gasteiger partial charge in [-0.3, -0.25) is 0 Å². The molecule has 1 aromatic carbocycles. The van der Waals surface area contributed by atoms with Crippen LogP contribution in [0.3, 0.4) is 0 Å². The van der Waals surface area contributed by atoms with E-state index in [1.54, 1.807) is 0 Å². The molecule has 0 spiro atoms. The van der Waals surface area contributed by atoms with Gasteiger partial charge in [-0.1, -0.05) is 72.1 Å². The third kappa shape index (κ3) is 8.19. The predicted octanol–water partition coefficient (Wildman–Crippen LogP) is 4.24. The second-order valence-corrected chi connectivity index (χ2v) is 4.07. The Kier molecular flexibility index (Phi) is 7.78. The van der Waals surface area contributed by atoms with E-state index < -0.39 is 4.30 Å². The molecule has 0 unspecified atom stereocenters. The van der Waals surface area contributed by atoms with Crippen LogP contribution in [0.4, 0.5) is 0 Å². The van der Waals surface area contributed by atoms with E-state index in [1.807, 2.05) is 6.07 Å². The van der Waals surface area contributed by atoms with Crippen LogP contribution in [0, 0.1) is 0 Å². The van der Waals surface area contributed by atoms with Crippen molar-refractivity contribution >= 4 is 34.8 Å². The van der Waals surface area contributed by atoms with Crippen LogP contribution >= 0.6 is 34.8 Å². The Morgan fingerprint density at radius 2 is 1.50 bits per heavy atom. The normalized spacial score (nSPS) is 9.08. The molecule has 0 fully saturated rings. The van der Waals surface area contributed by atoms with E-state index in [9.17, 15) is 0 Å². The summed E-state index contributed by atoms with van der Waals surface area (Å²) in [5.41, 5.74) is 1.41. The molecule has 0 amide bonds. The first-order valence-corrected chi connectivity index (χ1v) is 4.94.